The first-order chi connectivity index (χ1) is 10.3. The van der Waals surface area contributed by atoms with Gasteiger partial charge in [-0.15, -0.1) is 12.4 Å². The highest BCUT2D eigenvalue weighted by Gasteiger charge is 1.94. The summed E-state index contributed by atoms with van der Waals surface area (Å²) in [4.78, 5) is 10.7. The van der Waals surface area contributed by atoms with Crippen molar-refractivity contribution < 1.29 is 4.79 Å². The van der Waals surface area contributed by atoms with E-state index in [-0.39, 0.29) is 18.3 Å². The SMILES string of the molecule is CCCCCCCCCCNCCSSCCNC(C)=O.Cl. The Morgan fingerprint density at radius 3 is 1.95 bits per heavy atom. The summed E-state index contributed by atoms with van der Waals surface area (Å²) in [6.07, 6.45) is 11.1. The van der Waals surface area contributed by atoms with E-state index in [1.807, 2.05) is 21.6 Å². The molecule has 0 aliphatic carbocycles. The van der Waals surface area contributed by atoms with E-state index in [0.29, 0.717) is 0 Å². The maximum atomic E-state index is 10.7. The molecule has 0 saturated heterocycles. The standard InChI is InChI=1S/C16H34N2OS2.ClH/c1-3-4-5-6-7-8-9-10-11-17-12-14-20-21-15-13-18-16(2)19;/h17H,3-15H2,1-2H3,(H,18,19);1H. The molecule has 0 atom stereocenters. The number of carbonyl (C=O) groups is 1. The molecule has 3 nitrogen and oxygen atoms in total. The summed E-state index contributed by atoms with van der Waals surface area (Å²) < 4.78 is 0. The maximum absolute atomic E-state index is 10.7. The van der Waals surface area contributed by atoms with E-state index in [1.54, 1.807) is 6.92 Å². The first-order valence-corrected chi connectivity index (χ1v) is 11.0. The van der Waals surface area contributed by atoms with Crippen molar-refractivity contribution in [1.29, 1.82) is 0 Å². The van der Waals surface area contributed by atoms with Crippen molar-refractivity contribution in [2.45, 2.75) is 65.2 Å². The van der Waals surface area contributed by atoms with Gasteiger partial charge < -0.3 is 10.6 Å². The third-order valence-corrected chi connectivity index (χ3v) is 5.62. The van der Waals surface area contributed by atoms with E-state index in [9.17, 15) is 4.79 Å². The number of carbonyl (C=O) groups excluding carboxylic acids is 1. The minimum atomic E-state index is 0. The van der Waals surface area contributed by atoms with Crippen LogP contribution in [0.1, 0.15) is 65.2 Å². The second-order valence-electron chi connectivity index (χ2n) is 5.35. The van der Waals surface area contributed by atoms with Crippen LogP contribution in [0, 0.1) is 0 Å². The number of unbranched alkanes of at least 4 members (excludes halogenated alkanes) is 7. The molecule has 0 radical (unpaired) electrons. The van der Waals surface area contributed by atoms with Crippen LogP contribution in [0.25, 0.3) is 0 Å². The molecule has 0 heterocycles. The summed E-state index contributed by atoms with van der Waals surface area (Å²) in [6, 6.07) is 0. The van der Waals surface area contributed by atoms with E-state index in [2.05, 4.69) is 17.6 Å². The van der Waals surface area contributed by atoms with E-state index in [0.717, 1.165) is 31.1 Å². The average Bonchev–Trinajstić information content (AvgIpc) is 2.46. The molecule has 22 heavy (non-hydrogen) atoms. The van der Waals surface area contributed by atoms with Crippen molar-refractivity contribution >= 4 is 39.9 Å². The van der Waals surface area contributed by atoms with Gasteiger partial charge in [0, 0.05) is 31.5 Å². The molecule has 0 saturated carbocycles. The minimum absolute atomic E-state index is 0. The fraction of sp³-hybridized carbons (Fsp3) is 0.938. The lowest BCUT2D eigenvalue weighted by atomic mass is 10.1. The normalized spacial score (nSPS) is 10.3. The van der Waals surface area contributed by atoms with Crippen molar-refractivity contribution in [3.63, 3.8) is 0 Å². The fourth-order valence-electron chi connectivity index (χ4n) is 2.01. The molecular weight excluding hydrogens is 336 g/mol. The zero-order valence-corrected chi connectivity index (χ0v) is 16.8. The van der Waals surface area contributed by atoms with Crippen LogP contribution < -0.4 is 10.6 Å². The topological polar surface area (TPSA) is 41.1 Å². The van der Waals surface area contributed by atoms with Crippen molar-refractivity contribution in [2.24, 2.45) is 0 Å². The van der Waals surface area contributed by atoms with Gasteiger partial charge in [0.05, 0.1) is 0 Å². The Balaban J connectivity index is 0. The van der Waals surface area contributed by atoms with Crippen LogP contribution in [0.15, 0.2) is 0 Å². The summed E-state index contributed by atoms with van der Waals surface area (Å²) in [5, 5.41) is 6.31. The molecule has 0 aromatic rings. The molecule has 0 aliphatic rings. The van der Waals surface area contributed by atoms with Gasteiger partial charge in [0.1, 0.15) is 0 Å². The number of halogens is 1. The van der Waals surface area contributed by atoms with Gasteiger partial charge in [-0.1, -0.05) is 73.5 Å². The van der Waals surface area contributed by atoms with E-state index in [1.165, 1.54) is 51.4 Å². The van der Waals surface area contributed by atoms with Crippen LogP contribution in [0.5, 0.6) is 0 Å². The predicted octanol–water partition coefficient (Wildman–Crippen LogP) is 4.66. The zero-order valence-electron chi connectivity index (χ0n) is 14.3. The lowest BCUT2D eigenvalue weighted by Gasteiger charge is -2.05. The molecule has 0 aromatic heterocycles. The third-order valence-electron chi connectivity index (χ3n) is 3.21. The van der Waals surface area contributed by atoms with Crippen LogP contribution in [-0.4, -0.2) is 37.0 Å². The fourth-order valence-corrected chi connectivity index (χ4v) is 3.87. The second-order valence-corrected chi connectivity index (χ2v) is 8.05. The number of hydrogen-bond donors (Lipinski definition) is 2. The highest BCUT2D eigenvalue weighted by Crippen LogP contribution is 2.19. The van der Waals surface area contributed by atoms with E-state index >= 15 is 0 Å². The van der Waals surface area contributed by atoms with Crippen molar-refractivity contribution in [3.05, 3.63) is 0 Å². The monoisotopic (exact) mass is 370 g/mol. The quantitative estimate of drug-likeness (QED) is 0.306. The Bertz CT molecular complexity index is 234. The van der Waals surface area contributed by atoms with Gasteiger partial charge in [0.15, 0.2) is 0 Å². The highest BCUT2D eigenvalue weighted by molar-refractivity contribution is 8.76. The smallest absolute Gasteiger partial charge is 0.216 e. The summed E-state index contributed by atoms with van der Waals surface area (Å²) in [7, 11) is 3.73. The first-order valence-electron chi connectivity index (χ1n) is 8.47. The minimum Gasteiger partial charge on any atom is -0.355 e. The number of amides is 1. The first kappa shape index (κ1) is 24.7. The van der Waals surface area contributed by atoms with Gasteiger partial charge in [-0.2, -0.15) is 0 Å². The Kier molecular flexibility index (Phi) is 24.0. The summed E-state index contributed by atoms with van der Waals surface area (Å²) >= 11 is 0. The molecule has 1 amide bonds. The van der Waals surface area contributed by atoms with Gasteiger partial charge in [0.25, 0.3) is 0 Å². The molecule has 134 valence electrons. The lowest BCUT2D eigenvalue weighted by Crippen LogP contribution is -2.22. The molecule has 0 unspecified atom stereocenters. The van der Waals surface area contributed by atoms with Crippen LogP contribution in [0.2, 0.25) is 0 Å². The average molecular weight is 371 g/mol. The lowest BCUT2D eigenvalue weighted by molar-refractivity contribution is -0.118. The molecule has 0 rings (SSSR count). The number of nitrogens with one attached hydrogen (secondary N) is 2. The van der Waals surface area contributed by atoms with E-state index in [4.69, 9.17) is 0 Å². The van der Waals surface area contributed by atoms with Crippen LogP contribution >= 0.6 is 34.0 Å². The van der Waals surface area contributed by atoms with Crippen molar-refractivity contribution in [3.8, 4) is 0 Å². The van der Waals surface area contributed by atoms with Gasteiger partial charge in [0.2, 0.25) is 5.91 Å². The predicted molar refractivity (Wildman–Crippen MR) is 106 cm³/mol. The molecule has 6 heteroatoms. The molecule has 0 spiro atoms. The Labute approximate surface area is 151 Å². The van der Waals surface area contributed by atoms with Gasteiger partial charge >= 0.3 is 0 Å². The summed E-state index contributed by atoms with van der Waals surface area (Å²) in [5.74, 6) is 2.19. The summed E-state index contributed by atoms with van der Waals surface area (Å²) in [5.41, 5.74) is 0. The van der Waals surface area contributed by atoms with E-state index < -0.39 is 0 Å². The molecular formula is C16H35ClN2OS2. The van der Waals surface area contributed by atoms with Gasteiger partial charge in [-0.05, 0) is 13.0 Å². The van der Waals surface area contributed by atoms with Crippen molar-refractivity contribution in [2.75, 3.05) is 31.1 Å². The number of rotatable bonds is 16. The number of hydrogen-bond acceptors (Lipinski definition) is 4. The van der Waals surface area contributed by atoms with Crippen LogP contribution in [-0.2, 0) is 4.79 Å². The Morgan fingerprint density at radius 1 is 0.818 bits per heavy atom. The molecule has 0 aromatic carbocycles. The second kappa shape index (κ2) is 21.4. The third kappa shape index (κ3) is 22.7. The largest absolute Gasteiger partial charge is 0.355 e. The molecule has 0 aliphatic heterocycles. The van der Waals surface area contributed by atoms with Crippen LogP contribution in [0.3, 0.4) is 0 Å². The zero-order chi connectivity index (χ0) is 15.6. The molecule has 2 N–H and O–H groups in total. The molecule has 0 bridgehead atoms. The van der Waals surface area contributed by atoms with Crippen LogP contribution in [0.4, 0.5) is 0 Å². The maximum Gasteiger partial charge on any atom is 0.216 e. The van der Waals surface area contributed by atoms with Gasteiger partial charge in [-0.25, -0.2) is 0 Å². The Morgan fingerprint density at radius 2 is 1.36 bits per heavy atom. The Hall–Kier alpha value is 0.420. The van der Waals surface area contributed by atoms with Gasteiger partial charge in [-0.3, -0.25) is 4.79 Å². The van der Waals surface area contributed by atoms with Crippen molar-refractivity contribution in [1.82, 2.24) is 10.6 Å². The summed E-state index contributed by atoms with van der Waals surface area (Å²) in [6.45, 7) is 6.86. The molecule has 0 fully saturated rings. The highest BCUT2D eigenvalue weighted by atomic mass is 35.5.